The number of hydrogen-bond donors (Lipinski definition) is 13. The van der Waals surface area contributed by atoms with Crippen LogP contribution in [0.1, 0.15) is 101 Å². The molecule has 1 aliphatic rings. The second kappa shape index (κ2) is 28.8. The SMILES string of the molecule is CCCC[C@H](NC(C)=O)C(=O)N[C@H]1CC(=O)NCCCC[C@H](C(N)=O)NC(=O)[C@H]([C@@H](C)c2c[nH]c3ccccc23)NC(=O)[C@H](CCCN=C(N)N)NC(=O)[C@@H](Cc2ccccc2)NC(=O)[C@H](Cc2cnc[nH]2)NC1=O. The van der Waals surface area contributed by atoms with E-state index in [4.69, 9.17) is 17.2 Å². The van der Waals surface area contributed by atoms with Crippen molar-refractivity contribution in [3.63, 3.8) is 0 Å². The predicted octanol–water partition coefficient (Wildman–Crippen LogP) is -0.687. The van der Waals surface area contributed by atoms with Gasteiger partial charge in [0.25, 0.3) is 0 Å². The number of fused-ring (bicyclic) bond motifs is 1. The highest BCUT2D eigenvalue weighted by atomic mass is 16.2. The number of nitrogens with one attached hydrogen (secondary N) is 10. The number of aromatic amines is 2. The minimum Gasteiger partial charge on any atom is -0.370 e. The number of amides is 9. The van der Waals surface area contributed by atoms with Gasteiger partial charge in [-0.2, -0.15) is 0 Å². The van der Waals surface area contributed by atoms with Crippen molar-refractivity contribution in [3.8, 4) is 0 Å². The first-order chi connectivity index (χ1) is 35.9. The number of carbonyl (C=O) groups is 9. The number of benzene rings is 2. The standard InChI is InChI=1S/C51H71N15O9/c1-4-5-17-37(60-30(3)67)45(70)65-41-25-42(68)56-21-12-11-19-36(44(52)69)61-50(75)43(29(2)34-27-58-35-18-10-9-16-33(34)35)66-46(71)38(20-13-22-57-51(53)54)62-47(72)39(23-31-14-7-6-8-15-31)63-48(73)40(64-49(41)74)24-32-26-55-28-59-32/h6-10,14-16,18,26-29,36-41,43,58H,4-5,11-13,17,19-25H2,1-3H3,(H2,52,69)(H,55,59)(H,56,68)(H,60,67)(H,61,75)(H,62,72)(H,63,73)(H,64,74)(H,65,70)(H,66,71)(H4,53,54,57)/t29-,36+,37-,38-,39+,40-,41-,43-/m0/s1. The molecule has 2 aromatic carbocycles. The summed E-state index contributed by atoms with van der Waals surface area (Å²) in [5.74, 6) is -7.85. The summed E-state index contributed by atoms with van der Waals surface area (Å²) in [6.07, 6.45) is 5.77. The number of aromatic nitrogens is 3. The number of aliphatic imine (C=N–C) groups is 1. The van der Waals surface area contributed by atoms with Crippen molar-refractivity contribution < 1.29 is 43.2 Å². The average molecular weight is 1040 g/mol. The highest BCUT2D eigenvalue weighted by Gasteiger charge is 2.37. The smallest absolute Gasteiger partial charge is 0.243 e. The minimum atomic E-state index is -1.58. The molecule has 0 radical (unpaired) electrons. The number of imidazole rings is 1. The van der Waals surface area contributed by atoms with Gasteiger partial charge in [0.2, 0.25) is 53.2 Å². The van der Waals surface area contributed by atoms with Crippen molar-refractivity contribution in [1.29, 1.82) is 0 Å². The van der Waals surface area contributed by atoms with Gasteiger partial charge in [-0.1, -0.05) is 75.2 Å². The summed E-state index contributed by atoms with van der Waals surface area (Å²) in [5.41, 5.74) is 19.5. The fourth-order valence-corrected chi connectivity index (χ4v) is 8.71. The third kappa shape index (κ3) is 18.0. The van der Waals surface area contributed by atoms with Gasteiger partial charge in [-0.25, -0.2) is 4.98 Å². The average Bonchev–Trinajstić information content (AvgIpc) is 4.06. The summed E-state index contributed by atoms with van der Waals surface area (Å²) in [6.45, 7) is 4.98. The predicted molar refractivity (Wildman–Crippen MR) is 278 cm³/mol. The summed E-state index contributed by atoms with van der Waals surface area (Å²) in [6, 6.07) is 6.64. The maximum absolute atomic E-state index is 14.8. The van der Waals surface area contributed by atoms with E-state index in [0.717, 1.165) is 10.9 Å². The van der Waals surface area contributed by atoms with E-state index >= 15 is 0 Å². The van der Waals surface area contributed by atoms with Gasteiger partial charge < -0.3 is 69.7 Å². The van der Waals surface area contributed by atoms with Crippen molar-refractivity contribution in [2.24, 2.45) is 22.2 Å². The molecule has 16 N–H and O–H groups in total. The van der Waals surface area contributed by atoms with Crippen LogP contribution < -0.4 is 59.7 Å². The zero-order valence-electron chi connectivity index (χ0n) is 42.5. The van der Waals surface area contributed by atoms with Crippen LogP contribution in [0.5, 0.6) is 0 Å². The quantitative estimate of drug-likeness (QED) is 0.0355. The Morgan fingerprint density at radius 3 is 2.15 bits per heavy atom. The zero-order valence-corrected chi connectivity index (χ0v) is 42.5. The molecule has 1 saturated heterocycles. The highest BCUT2D eigenvalue weighted by molar-refractivity contribution is 5.99. The Kier molecular flexibility index (Phi) is 22.1. The van der Waals surface area contributed by atoms with Crippen LogP contribution >= 0.6 is 0 Å². The molecule has 5 rings (SSSR count). The Balaban J connectivity index is 1.57. The normalized spacial score (nSPS) is 21.6. The monoisotopic (exact) mass is 1040 g/mol. The van der Waals surface area contributed by atoms with Crippen LogP contribution in [0, 0.1) is 0 Å². The third-order valence-corrected chi connectivity index (χ3v) is 12.8. The molecular weight excluding hydrogens is 967 g/mol. The molecule has 0 aliphatic carbocycles. The van der Waals surface area contributed by atoms with Gasteiger partial charge in [0.1, 0.15) is 42.3 Å². The number of para-hydroxylation sites is 1. The maximum atomic E-state index is 14.8. The van der Waals surface area contributed by atoms with Crippen LogP contribution in [0.2, 0.25) is 0 Å². The van der Waals surface area contributed by atoms with Crippen LogP contribution in [0.3, 0.4) is 0 Å². The summed E-state index contributed by atoms with van der Waals surface area (Å²) in [5, 5.41) is 22.5. The van der Waals surface area contributed by atoms with Crippen LogP contribution in [0.4, 0.5) is 0 Å². The van der Waals surface area contributed by atoms with Gasteiger partial charge in [-0.05, 0) is 55.7 Å². The molecule has 1 aliphatic heterocycles. The molecule has 24 heteroatoms. The number of carbonyl (C=O) groups excluding carboxylic acids is 9. The van der Waals surface area contributed by atoms with E-state index in [1.807, 2.05) is 31.2 Å². The number of unbranched alkanes of at least 4 members (excludes halogenated alkanes) is 1. The Hall–Kier alpha value is -8.31. The van der Waals surface area contributed by atoms with E-state index in [-0.39, 0.29) is 70.4 Å². The molecule has 8 atom stereocenters. The lowest BCUT2D eigenvalue weighted by Gasteiger charge is -2.29. The van der Waals surface area contributed by atoms with E-state index in [1.54, 1.807) is 43.5 Å². The molecule has 0 bridgehead atoms. The fraction of sp³-hybridized carbons (Fsp3) is 0.471. The lowest BCUT2D eigenvalue weighted by molar-refractivity contribution is -0.136. The van der Waals surface area contributed by atoms with Crippen LogP contribution in [-0.2, 0) is 56.0 Å². The van der Waals surface area contributed by atoms with E-state index in [2.05, 4.69) is 62.5 Å². The summed E-state index contributed by atoms with van der Waals surface area (Å²) in [7, 11) is 0. The van der Waals surface area contributed by atoms with E-state index in [0.29, 0.717) is 29.7 Å². The van der Waals surface area contributed by atoms with Gasteiger partial charge in [0.05, 0.1) is 12.7 Å². The largest absolute Gasteiger partial charge is 0.370 e. The Bertz CT molecular complexity index is 2620. The minimum absolute atomic E-state index is 0.0352. The summed E-state index contributed by atoms with van der Waals surface area (Å²) >= 11 is 0. The van der Waals surface area contributed by atoms with Crippen LogP contribution in [0.15, 0.2) is 78.3 Å². The van der Waals surface area contributed by atoms with Crippen molar-refractivity contribution in [2.45, 2.75) is 140 Å². The lowest BCUT2D eigenvalue weighted by atomic mass is 9.91. The van der Waals surface area contributed by atoms with Crippen molar-refractivity contribution >= 4 is 70.0 Å². The van der Waals surface area contributed by atoms with Gasteiger partial charge in [-0.3, -0.25) is 48.1 Å². The summed E-state index contributed by atoms with van der Waals surface area (Å²) < 4.78 is 0. The van der Waals surface area contributed by atoms with Crippen molar-refractivity contribution in [2.75, 3.05) is 13.1 Å². The van der Waals surface area contributed by atoms with E-state index in [1.165, 1.54) is 19.4 Å². The molecule has 4 aromatic rings. The second-order valence-corrected chi connectivity index (χ2v) is 18.6. The molecule has 0 unspecified atom stereocenters. The number of primary amides is 1. The molecule has 24 nitrogen and oxygen atoms in total. The first kappa shape index (κ1) is 57.6. The van der Waals surface area contributed by atoms with Gasteiger partial charge in [0, 0.05) is 67.8 Å². The Morgan fingerprint density at radius 2 is 1.47 bits per heavy atom. The topological polar surface area (TPSA) is 385 Å². The van der Waals surface area contributed by atoms with Crippen LogP contribution in [0.25, 0.3) is 10.9 Å². The number of hydrogen-bond acceptors (Lipinski definition) is 11. The van der Waals surface area contributed by atoms with Crippen LogP contribution in [-0.4, -0.2) is 129 Å². The number of nitrogens with two attached hydrogens (primary N) is 3. The molecule has 0 saturated carbocycles. The molecule has 1 fully saturated rings. The molecule has 0 spiro atoms. The van der Waals surface area contributed by atoms with Crippen molar-refractivity contribution in [1.82, 2.24) is 57.5 Å². The second-order valence-electron chi connectivity index (χ2n) is 18.6. The molecule has 9 amide bonds. The lowest BCUT2D eigenvalue weighted by Crippen LogP contribution is -2.61. The third-order valence-electron chi connectivity index (χ3n) is 12.8. The van der Waals surface area contributed by atoms with Gasteiger partial charge in [-0.15, -0.1) is 0 Å². The van der Waals surface area contributed by atoms with Gasteiger partial charge in [0.15, 0.2) is 5.96 Å². The first-order valence-electron chi connectivity index (χ1n) is 25.2. The maximum Gasteiger partial charge on any atom is 0.243 e. The number of H-pyrrole nitrogens is 2. The highest BCUT2D eigenvalue weighted by Crippen LogP contribution is 2.28. The number of rotatable bonds is 17. The van der Waals surface area contributed by atoms with E-state index < -0.39 is 108 Å². The molecule has 2 aromatic heterocycles. The van der Waals surface area contributed by atoms with Gasteiger partial charge >= 0.3 is 0 Å². The molecule has 75 heavy (non-hydrogen) atoms. The van der Waals surface area contributed by atoms with E-state index in [9.17, 15) is 43.2 Å². The number of nitrogens with zero attached hydrogens (tertiary/aromatic N) is 2. The number of guanidine groups is 1. The Morgan fingerprint density at radius 1 is 0.787 bits per heavy atom. The zero-order chi connectivity index (χ0) is 54.4. The molecule has 3 heterocycles. The molecular formula is C51H71N15O9. The molecule has 404 valence electrons. The van der Waals surface area contributed by atoms with Crippen molar-refractivity contribution in [3.05, 3.63) is 90.1 Å². The Labute approximate surface area is 434 Å². The fourth-order valence-electron chi connectivity index (χ4n) is 8.71. The first-order valence-corrected chi connectivity index (χ1v) is 25.2. The summed E-state index contributed by atoms with van der Waals surface area (Å²) in [4.78, 5) is 140.